The third-order valence-corrected chi connectivity index (χ3v) is 5.28. The van der Waals surface area contributed by atoms with Gasteiger partial charge in [-0.25, -0.2) is 4.99 Å². The molecule has 33 heavy (non-hydrogen) atoms. The topological polar surface area (TPSA) is 121 Å². The first-order chi connectivity index (χ1) is 16.2. The average molecular weight is 440 g/mol. The van der Waals surface area contributed by atoms with Crippen LogP contribution in [0.5, 0.6) is 17.4 Å². The van der Waals surface area contributed by atoms with E-state index in [2.05, 4.69) is 25.6 Å². The van der Waals surface area contributed by atoms with Gasteiger partial charge in [0, 0.05) is 22.6 Å². The predicted octanol–water partition coefficient (Wildman–Crippen LogP) is 4.24. The van der Waals surface area contributed by atoms with Crippen molar-refractivity contribution in [1.29, 1.82) is 0 Å². The predicted molar refractivity (Wildman–Crippen MR) is 124 cm³/mol. The second-order valence-corrected chi connectivity index (χ2v) is 7.21. The van der Waals surface area contributed by atoms with Crippen molar-refractivity contribution >= 4 is 22.3 Å². The minimum atomic E-state index is 0.00586. The van der Waals surface area contributed by atoms with Crippen LogP contribution in [0.1, 0.15) is 11.1 Å². The van der Waals surface area contributed by atoms with Gasteiger partial charge in [0.2, 0.25) is 5.82 Å². The molecule has 0 atom stereocenters. The number of hydrogen-bond donors (Lipinski definition) is 3. The van der Waals surface area contributed by atoms with Crippen LogP contribution in [-0.2, 0) is 0 Å². The fourth-order valence-electron chi connectivity index (χ4n) is 3.71. The molecular weight excluding hydrogens is 420 g/mol. The molecule has 0 unspecified atom stereocenters. The Kier molecular flexibility index (Phi) is 5.19. The fourth-order valence-corrected chi connectivity index (χ4v) is 3.71. The zero-order valence-electron chi connectivity index (χ0n) is 17.9. The van der Waals surface area contributed by atoms with Gasteiger partial charge in [0.15, 0.2) is 17.4 Å². The lowest BCUT2D eigenvalue weighted by atomic mass is 10.0. The Bertz CT molecular complexity index is 1430. The number of rotatable bonds is 6. The normalized spacial score (nSPS) is 11.6. The average Bonchev–Trinajstić information content (AvgIpc) is 3.50. The fraction of sp³-hybridized carbons (Fsp3) is 0.0833. The molecule has 0 bridgehead atoms. The van der Waals surface area contributed by atoms with Crippen molar-refractivity contribution in [1.82, 2.24) is 25.6 Å². The third kappa shape index (κ3) is 3.76. The summed E-state index contributed by atoms with van der Waals surface area (Å²) in [7, 11) is 3.15. The maximum Gasteiger partial charge on any atom is 0.204 e. The zero-order valence-corrected chi connectivity index (χ0v) is 17.9. The zero-order chi connectivity index (χ0) is 22.8. The number of fused-ring (bicyclic) bond motifs is 1. The molecule has 0 aliphatic heterocycles. The summed E-state index contributed by atoms with van der Waals surface area (Å²) >= 11 is 0. The number of nitrogens with one attached hydrogen (secondary N) is 2. The molecule has 0 spiro atoms. The van der Waals surface area contributed by atoms with E-state index in [1.165, 1.54) is 0 Å². The van der Waals surface area contributed by atoms with Crippen molar-refractivity contribution in [3.8, 4) is 28.8 Å². The first-order valence-electron chi connectivity index (χ1n) is 10.1. The van der Waals surface area contributed by atoms with Crippen LogP contribution in [0.3, 0.4) is 0 Å². The van der Waals surface area contributed by atoms with Gasteiger partial charge in [0.05, 0.1) is 36.7 Å². The van der Waals surface area contributed by atoms with Gasteiger partial charge in [0.1, 0.15) is 0 Å². The molecule has 2 aromatic heterocycles. The van der Waals surface area contributed by atoms with Crippen LogP contribution in [0.25, 0.3) is 22.3 Å². The molecule has 5 aromatic rings. The lowest BCUT2D eigenvalue weighted by Gasteiger charge is -2.10. The highest BCUT2D eigenvalue weighted by Gasteiger charge is 2.21. The number of aliphatic imine (C=N–C) groups is 1. The van der Waals surface area contributed by atoms with Crippen LogP contribution in [-0.4, -0.2) is 50.6 Å². The number of nitrogens with zero attached hydrogens (tertiary/aromatic N) is 4. The molecule has 0 saturated carbocycles. The van der Waals surface area contributed by atoms with Crippen molar-refractivity contribution in [3.63, 3.8) is 0 Å². The van der Waals surface area contributed by atoms with E-state index in [9.17, 15) is 5.11 Å². The smallest absolute Gasteiger partial charge is 0.204 e. The van der Waals surface area contributed by atoms with Crippen LogP contribution < -0.4 is 9.47 Å². The molecule has 9 nitrogen and oxygen atoms in total. The van der Waals surface area contributed by atoms with E-state index in [0.29, 0.717) is 39.8 Å². The monoisotopic (exact) mass is 440 g/mol. The lowest BCUT2D eigenvalue weighted by molar-refractivity contribution is 0.356. The second-order valence-electron chi connectivity index (χ2n) is 7.21. The van der Waals surface area contributed by atoms with Gasteiger partial charge >= 0.3 is 0 Å². The summed E-state index contributed by atoms with van der Waals surface area (Å²) in [5.74, 6) is 1.63. The third-order valence-electron chi connectivity index (χ3n) is 5.28. The van der Waals surface area contributed by atoms with E-state index in [0.717, 1.165) is 16.5 Å². The number of tetrazole rings is 1. The Morgan fingerprint density at radius 3 is 2.33 bits per heavy atom. The van der Waals surface area contributed by atoms with Crippen molar-refractivity contribution < 1.29 is 14.6 Å². The molecular formula is C24H20N6O3. The van der Waals surface area contributed by atoms with Gasteiger partial charge in [-0.05, 0) is 35.5 Å². The molecule has 0 amide bonds. The quantitative estimate of drug-likeness (QED) is 0.340. The summed E-state index contributed by atoms with van der Waals surface area (Å²) in [6.07, 6.45) is 0. The van der Waals surface area contributed by atoms with Gasteiger partial charge in [-0.3, -0.25) is 0 Å². The number of aromatic nitrogens is 5. The molecule has 9 heteroatoms. The molecule has 0 fully saturated rings. The number of hydrogen-bond acceptors (Lipinski definition) is 7. The van der Waals surface area contributed by atoms with Crippen LogP contribution in [0.4, 0.5) is 5.69 Å². The van der Waals surface area contributed by atoms with E-state index in [-0.39, 0.29) is 5.88 Å². The first-order valence-corrected chi connectivity index (χ1v) is 10.1. The van der Waals surface area contributed by atoms with Crippen molar-refractivity contribution in [2.75, 3.05) is 14.2 Å². The van der Waals surface area contributed by atoms with Gasteiger partial charge in [0.25, 0.3) is 0 Å². The van der Waals surface area contributed by atoms with E-state index in [1.807, 2.05) is 60.7 Å². The minimum absolute atomic E-state index is 0.00586. The highest BCUT2D eigenvalue weighted by molar-refractivity contribution is 6.22. The van der Waals surface area contributed by atoms with Gasteiger partial charge in [-0.1, -0.05) is 30.3 Å². The molecule has 2 heterocycles. The maximum atomic E-state index is 10.9. The number of aromatic amines is 2. The number of benzene rings is 3. The standard InChI is InChI=1S/C24H20N6O3/c1-32-19-12-17-18(13-20(19)33-2)26-24(31)21(17)22(14-6-4-3-5-7-14)25-16-10-8-15(9-11-16)23-27-29-30-28-23/h3-13,26,31H,1-2H3,(H,27,28,29,30). The molecule has 3 aromatic carbocycles. The summed E-state index contributed by atoms with van der Waals surface area (Å²) < 4.78 is 10.9. The SMILES string of the molecule is COc1cc2[nH]c(O)c(C(=Nc3ccc(-c4nn[nH]n4)cc3)c3ccccc3)c2cc1OC. The summed E-state index contributed by atoms with van der Waals surface area (Å²) in [5.41, 5.74) is 4.26. The van der Waals surface area contributed by atoms with E-state index in [1.54, 1.807) is 20.3 Å². The number of methoxy groups -OCH3 is 2. The van der Waals surface area contributed by atoms with Crippen molar-refractivity contribution in [3.05, 3.63) is 77.9 Å². The van der Waals surface area contributed by atoms with Crippen LogP contribution in [0, 0.1) is 0 Å². The largest absolute Gasteiger partial charge is 0.494 e. The van der Waals surface area contributed by atoms with Crippen molar-refractivity contribution in [2.24, 2.45) is 4.99 Å². The molecule has 164 valence electrons. The summed E-state index contributed by atoms with van der Waals surface area (Å²) in [4.78, 5) is 7.93. The Labute approximate surface area is 188 Å². The summed E-state index contributed by atoms with van der Waals surface area (Å²) in [5, 5.41) is 25.7. The summed E-state index contributed by atoms with van der Waals surface area (Å²) in [6.45, 7) is 0. The Balaban J connectivity index is 1.68. The number of ether oxygens (including phenoxy) is 2. The van der Waals surface area contributed by atoms with E-state index >= 15 is 0 Å². The molecule has 3 N–H and O–H groups in total. The lowest BCUT2D eigenvalue weighted by Crippen LogP contribution is -2.03. The highest BCUT2D eigenvalue weighted by Crippen LogP contribution is 2.38. The number of aromatic hydroxyl groups is 1. The molecule has 0 radical (unpaired) electrons. The Morgan fingerprint density at radius 2 is 1.67 bits per heavy atom. The Hall–Kier alpha value is -4.66. The van der Waals surface area contributed by atoms with Gasteiger partial charge in [-0.2, -0.15) is 5.21 Å². The van der Waals surface area contributed by atoms with E-state index < -0.39 is 0 Å². The number of H-pyrrole nitrogens is 2. The van der Waals surface area contributed by atoms with Gasteiger partial charge in [-0.15, -0.1) is 10.2 Å². The molecule has 0 aliphatic rings. The summed E-state index contributed by atoms with van der Waals surface area (Å²) in [6, 6.07) is 20.8. The maximum absolute atomic E-state index is 10.9. The molecule has 5 rings (SSSR count). The first kappa shape index (κ1) is 20.3. The van der Waals surface area contributed by atoms with Crippen LogP contribution in [0.2, 0.25) is 0 Å². The van der Waals surface area contributed by atoms with Crippen LogP contribution in [0.15, 0.2) is 71.7 Å². The van der Waals surface area contributed by atoms with E-state index in [4.69, 9.17) is 14.5 Å². The van der Waals surface area contributed by atoms with Crippen LogP contribution >= 0.6 is 0 Å². The highest BCUT2D eigenvalue weighted by atomic mass is 16.5. The Morgan fingerprint density at radius 1 is 0.939 bits per heavy atom. The minimum Gasteiger partial charge on any atom is -0.494 e. The van der Waals surface area contributed by atoms with Crippen molar-refractivity contribution in [2.45, 2.75) is 0 Å². The second kappa shape index (κ2) is 8.46. The van der Waals surface area contributed by atoms with Gasteiger partial charge < -0.3 is 19.6 Å². The molecule has 0 aliphatic carbocycles. The molecule has 0 saturated heterocycles.